The molecule has 2 unspecified atom stereocenters. The summed E-state index contributed by atoms with van der Waals surface area (Å²) in [4.78, 5) is 12.7. The van der Waals surface area contributed by atoms with Crippen LogP contribution in [0.15, 0.2) is 90.0 Å². The summed E-state index contributed by atoms with van der Waals surface area (Å²) in [7, 11) is 0. The highest BCUT2D eigenvalue weighted by atomic mass is 16.5. The van der Waals surface area contributed by atoms with Crippen LogP contribution in [0.5, 0.6) is 17.2 Å². The minimum atomic E-state index is -0.387. The van der Waals surface area contributed by atoms with Gasteiger partial charge in [0.1, 0.15) is 17.2 Å². The molecule has 2 aliphatic rings. The summed E-state index contributed by atoms with van der Waals surface area (Å²) >= 11 is 0. The molecule has 3 nitrogen and oxygen atoms in total. The molecule has 0 fully saturated rings. The molecule has 34 heavy (non-hydrogen) atoms. The molecule has 0 N–H and O–H groups in total. The maximum Gasteiger partial charge on any atom is 0.338 e. The Bertz CT molecular complexity index is 1340. The molecule has 0 amide bonds. The number of esters is 1. The summed E-state index contributed by atoms with van der Waals surface area (Å²) in [6, 6.07) is 18.0. The molecular weight excluding hydrogens is 420 g/mol. The van der Waals surface area contributed by atoms with E-state index in [0.717, 1.165) is 52.7 Å². The highest BCUT2D eigenvalue weighted by Gasteiger charge is 2.43. The zero-order valence-corrected chi connectivity index (χ0v) is 20.1. The van der Waals surface area contributed by atoms with Gasteiger partial charge in [-0.2, -0.15) is 0 Å². The number of benzene rings is 3. The van der Waals surface area contributed by atoms with E-state index < -0.39 is 0 Å². The monoisotopic (exact) mass is 450 g/mol. The Hall–Kier alpha value is -3.59. The van der Waals surface area contributed by atoms with Crippen LogP contribution in [-0.2, 0) is 4.79 Å². The van der Waals surface area contributed by atoms with Gasteiger partial charge >= 0.3 is 5.97 Å². The maximum absolute atomic E-state index is 12.7. The quantitative estimate of drug-likeness (QED) is 0.157. The van der Waals surface area contributed by atoms with Crippen molar-refractivity contribution in [3.05, 3.63) is 101 Å². The first-order valence-corrected chi connectivity index (χ1v) is 12.0. The van der Waals surface area contributed by atoms with Gasteiger partial charge in [0, 0.05) is 39.3 Å². The molecule has 2 bridgehead atoms. The van der Waals surface area contributed by atoms with Gasteiger partial charge in [-0.05, 0) is 52.2 Å². The largest absolute Gasteiger partial charge is 0.456 e. The second-order valence-corrected chi connectivity index (χ2v) is 9.57. The topological polar surface area (TPSA) is 35.5 Å². The Morgan fingerprint density at radius 2 is 1.65 bits per heavy atom. The lowest BCUT2D eigenvalue weighted by Gasteiger charge is -2.25. The van der Waals surface area contributed by atoms with E-state index in [4.69, 9.17) is 9.47 Å². The van der Waals surface area contributed by atoms with Crippen LogP contribution >= 0.6 is 0 Å². The number of carbonyl (C=O) groups is 1. The summed E-state index contributed by atoms with van der Waals surface area (Å²) in [5.41, 5.74) is 5.43. The van der Waals surface area contributed by atoms with E-state index in [2.05, 4.69) is 38.6 Å². The van der Waals surface area contributed by atoms with Crippen LogP contribution in [-0.4, -0.2) is 5.97 Å². The van der Waals surface area contributed by atoms with Crippen molar-refractivity contribution in [2.45, 2.75) is 51.9 Å². The van der Waals surface area contributed by atoms with E-state index >= 15 is 0 Å². The first-order valence-electron chi connectivity index (χ1n) is 12.0. The Morgan fingerprint density at radius 1 is 0.971 bits per heavy atom. The number of para-hydroxylation sites is 1. The summed E-state index contributed by atoms with van der Waals surface area (Å²) in [5.74, 6) is 2.45. The average Bonchev–Trinajstić information content (AvgIpc) is 3.40. The second-order valence-electron chi connectivity index (χ2n) is 9.57. The van der Waals surface area contributed by atoms with Gasteiger partial charge in [0.25, 0.3) is 0 Å². The van der Waals surface area contributed by atoms with Crippen molar-refractivity contribution in [2.24, 2.45) is 0 Å². The first-order chi connectivity index (χ1) is 16.4. The number of rotatable bonds is 7. The second kappa shape index (κ2) is 8.98. The molecule has 3 heteroatoms. The zero-order valence-electron chi connectivity index (χ0n) is 20.1. The fourth-order valence-electron chi connectivity index (χ4n) is 5.27. The van der Waals surface area contributed by atoms with E-state index in [9.17, 15) is 4.79 Å². The van der Waals surface area contributed by atoms with Gasteiger partial charge in [-0.3, -0.25) is 0 Å². The molecule has 0 radical (unpaired) electrons. The highest BCUT2D eigenvalue weighted by molar-refractivity contribution is 6.00. The Kier molecular flexibility index (Phi) is 5.87. The molecule has 172 valence electrons. The molecule has 2 aliphatic carbocycles. The zero-order chi connectivity index (χ0) is 23.8. The summed E-state index contributed by atoms with van der Waals surface area (Å²) in [6.45, 7) is 9.77. The van der Waals surface area contributed by atoms with Crippen LogP contribution < -0.4 is 9.47 Å². The third-order valence-corrected chi connectivity index (χ3v) is 6.76. The van der Waals surface area contributed by atoms with Crippen molar-refractivity contribution >= 4 is 16.7 Å². The van der Waals surface area contributed by atoms with Gasteiger partial charge < -0.3 is 9.47 Å². The van der Waals surface area contributed by atoms with Crippen molar-refractivity contribution in [2.75, 3.05) is 0 Å². The van der Waals surface area contributed by atoms with Crippen LogP contribution in [0.3, 0.4) is 0 Å². The number of hydrogen-bond acceptors (Lipinski definition) is 3. The van der Waals surface area contributed by atoms with Crippen LogP contribution in [0.2, 0.25) is 0 Å². The van der Waals surface area contributed by atoms with Gasteiger partial charge in [0.15, 0.2) is 0 Å². The molecule has 0 aromatic heterocycles. The third-order valence-electron chi connectivity index (χ3n) is 6.76. The molecule has 5 rings (SSSR count). The molecule has 2 atom stereocenters. The smallest absolute Gasteiger partial charge is 0.338 e. The van der Waals surface area contributed by atoms with Crippen molar-refractivity contribution in [1.82, 2.24) is 0 Å². The summed E-state index contributed by atoms with van der Waals surface area (Å²) in [5, 5.41) is 1.86. The van der Waals surface area contributed by atoms with Crippen molar-refractivity contribution in [1.29, 1.82) is 0 Å². The fraction of sp³-hybridized carbons (Fsp3) is 0.258. The van der Waals surface area contributed by atoms with E-state index in [-0.39, 0.29) is 17.8 Å². The predicted octanol–water partition coefficient (Wildman–Crippen LogP) is 8.37. The third kappa shape index (κ3) is 3.96. The Morgan fingerprint density at radius 3 is 2.32 bits per heavy atom. The standard InChI is InChI=1S/C31H30O3/c1-19(2)11-10-12-21-17-22-18-26(21)28-27(22)29(33-23-13-6-5-7-14-23)24-15-8-9-16-25(24)30(28)34-31(32)20(3)4/h5-9,11,13-17,22,26H,3,10,12,18H2,1-2,4H3. The average molecular weight is 451 g/mol. The number of carbonyl (C=O) groups excluding carboxylic acids is 1. The predicted molar refractivity (Wildman–Crippen MR) is 138 cm³/mol. The number of ether oxygens (including phenoxy) is 2. The molecule has 0 heterocycles. The van der Waals surface area contributed by atoms with E-state index in [1.165, 1.54) is 11.1 Å². The normalized spacial score (nSPS) is 17.8. The lowest BCUT2D eigenvalue weighted by Crippen LogP contribution is -2.13. The molecule has 3 aromatic carbocycles. The summed E-state index contributed by atoms with van der Waals surface area (Å²) < 4.78 is 12.6. The van der Waals surface area contributed by atoms with Crippen molar-refractivity contribution < 1.29 is 14.3 Å². The molecule has 0 spiro atoms. The van der Waals surface area contributed by atoms with E-state index in [0.29, 0.717) is 11.3 Å². The van der Waals surface area contributed by atoms with Crippen LogP contribution in [0, 0.1) is 0 Å². The number of hydrogen-bond donors (Lipinski definition) is 0. The van der Waals surface area contributed by atoms with E-state index in [1.54, 1.807) is 6.92 Å². The van der Waals surface area contributed by atoms with Gasteiger partial charge in [0.05, 0.1) is 0 Å². The van der Waals surface area contributed by atoms with Crippen LogP contribution in [0.1, 0.15) is 63.0 Å². The molecule has 0 saturated heterocycles. The lowest BCUT2D eigenvalue weighted by molar-refractivity contribution is -0.130. The van der Waals surface area contributed by atoms with Crippen molar-refractivity contribution in [3.63, 3.8) is 0 Å². The van der Waals surface area contributed by atoms with Gasteiger partial charge in [-0.1, -0.05) is 72.3 Å². The maximum atomic E-state index is 12.7. The minimum Gasteiger partial charge on any atom is -0.456 e. The molecule has 3 aromatic rings. The number of fused-ring (bicyclic) bond motifs is 6. The van der Waals surface area contributed by atoms with Crippen molar-refractivity contribution in [3.8, 4) is 17.2 Å². The van der Waals surface area contributed by atoms with Gasteiger partial charge in [-0.25, -0.2) is 4.79 Å². The minimum absolute atomic E-state index is 0.237. The summed E-state index contributed by atoms with van der Waals surface area (Å²) in [6.07, 6.45) is 7.75. The fourth-order valence-corrected chi connectivity index (χ4v) is 5.27. The van der Waals surface area contributed by atoms with Crippen LogP contribution in [0.4, 0.5) is 0 Å². The molecular formula is C31H30O3. The molecule has 0 aliphatic heterocycles. The highest BCUT2D eigenvalue weighted by Crippen LogP contribution is 2.61. The first kappa shape index (κ1) is 22.2. The van der Waals surface area contributed by atoms with E-state index in [1.807, 2.05) is 48.5 Å². The Balaban J connectivity index is 1.68. The Labute approximate surface area is 201 Å². The van der Waals surface area contributed by atoms with Crippen LogP contribution in [0.25, 0.3) is 10.8 Å². The number of allylic oxidation sites excluding steroid dienone is 4. The van der Waals surface area contributed by atoms with Gasteiger partial charge in [-0.15, -0.1) is 0 Å². The lowest BCUT2D eigenvalue weighted by atomic mass is 9.85. The SMILES string of the molecule is C=C(C)C(=O)Oc1c2c(c(Oc3ccccc3)c3ccccc13)C1C=C(CCC=C(C)C)C2C1. The van der Waals surface area contributed by atoms with Gasteiger partial charge in [0.2, 0.25) is 0 Å². The molecule has 0 saturated carbocycles.